The van der Waals surface area contributed by atoms with E-state index in [2.05, 4.69) is 4.98 Å². The highest BCUT2D eigenvalue weighted by atomic mass is 32.1. The van der Waals surface area contributed by atoms with Crippen LogP contribution in [0.2, 0.25) is 0 Å². The van der Waals surface area contributed by atoms with E-state index >= 15 is 0 Å². The summed E-state index contributed by atoms with van der Waals surface area (Å²) in [6, 6.07) is 6.80. The molecule has 1 aliphatic heterocycles. The van der Waals surface area contributed by atoms with Crippen LogP contribution in [0.3, 0.4) is 0 Å². The summed E-state index contributed by atoms with van der Waals surface area (Å²) >= 11 is 1.60. The van der Waals surface area contributed by atoms with Crippen molar-refractivity contribution in [3.63, 3.8) is 0 Å². The van der Waals surface area contributed by atoms with Gasteiger partial charge in [-0.25, -0.2) is 9.78 Å². The van der Waals surface area contributed by atoms with E-state index in [9.17, 15) is 9.59 Å². The summed E-state index contributed by atoms with van der Waals surface area (Å²) in [5, 5.41) is 3.01. The average molecular weight is 345 g/mol. The standard InChI is InChI=1S/C17H19N3O3S/c1-11-19-15(10-24-11)12-4-6-14(7-5-12)23-16(21)13-3-2-8-20(9-13)17(18)22/h4-7,10,13H,2-3,8-9H2,1H3,(H2,18,22)/t13-/m0/s1. The fourth-order valence-electron chi connectivity index (χ4n) is 2.76. The first-order chi connectivity index (χ1) is 11.5. The van der Waals surface area contributed by atoms with Gasteiger partial charge in [0.15, 0.2) is 0 Å². The number of carbonyl (C=O) groups is 2. The van der Waals surface area contributed by atoms with Gasteiger partial charge in [-0.1, -0.05) is 0 Å². The predicted octanol–water partition coefficient (Wildman–Crippen LogP) is 2.81. The molecule has 126 valence electrons. The Hall–Kier alpha value is -2.41. The molecule has 1 fully saturated rings. The number of nitrogens with zero attached hydrogens (tertiary/aromatic N) is 2. The van der Waals surface area contributed by atoms with E-state index in [1.165, 1.54) is 4.90 Å². The molecule has 1 aliphatic rings. The van der Waals surface area contributed by atoms with Gasteiger partial charge in [-0.05, 0) is 44.0 Å². The van der Waals surface area contributed by atoms with E-state index in [1.807, 2.05) is 24.4 Å². The Morgan fingerprint density at radius 1 is 1.33 bits per heavy atom. The molecule has 1 aromatic heterocycles. The zero-order valence-electron chi connectivity index (χ0n) is 13.4. The molecular weight excluding hydrogens is 326 g/mol. The number of urea groups is 1. The highest BCUT2D eigenvalue weighted by Gasteiger charge is 2.28. The van der Waals surface area contributed by atoms with Gasteiger partial charge in [-0.3, -0.25) is 4.79 Å². The fourth-order valence-corrected chi connectivity index (χ4v) is 3.38. The molecule has 6 nitrogen and oxygen atoms in total. The number of esters is 1. The van der Waals surface area contributed by atoms with Crippen molar-refractivity contribution in [3.05, 3.63) is 34.7 Å². The summed E-state index contributed by atoms with van der Waals surface area (Å²) in [7, 11) is 0. The first-order valence-electron chi connectivity index (χ1n) is 7.81. The maximum absolute atomic E-state index is 12.3. The number of likely N-dealkylation sites (tertiary alicyclic amines) is 1. The van der Waals surface area contributed by atoms with Crippen molar-refractivity contribution >= 4 is 23.3 Å². The molecule has 24 heavy (non-hydrogen) atoms. The Morgan fingerprint density at radius 2 is 2.08 bits per heavy atom. The molecule has 0 saturated carbocycles. The topological polar surface area (TPSA) is 85.5 Å². The second-order valence-electron chi connectivity index (χ2n) is 5.82. The number of rotatable bonds is 3. The van der Waals surface area contributed by atoms with E-state index in [0.29, 0.717) is 25.3 Å². The number of nitrogens with two attached hydrogens (primary N) is 1. The minimum absolute atomic E-state index is 0.321. The van der Waals surface area contributed by atoms with Crippen LogP contribution in [0.4, 0.5) is 4.79 Å². The molecule has 0 bridgehead atoms. The van der Waals surface area contributed by atoms with Crippen molar-refractivity contribution in [2.45, 2.75) is 19.8 Å². The summed E-state index contributed by atoms with van der Waals surface area (Å²) in [6.45, 7) is 2.88. The number of aryl methyl sites for hydroxylation is 1. The van der Waals surface area contributed by atoms with Crippen LogP contribution < -0.4 is 10.5 Å². The lowest BCUT2D eigenvalue weighted by Gasteiger charge is -2.30. The van der Waals surface area contributed by atoms with Crippen molar-refractivity contribution in [2.24, 2.45) is 11.7 Å². The third-order valence-corrected chi connectivity index (χ3v) is 4.83. The second-order valence-corrected chi connectivity index (χ2v) is 6.88. The van der Waals surface area contributed by atoms with Crippen LogP contribution in [-0.2, 0) is 4.79 Å². The SMILES string of the molecule is Cc1nc(-c2ccc(OC(=O)[C@H]3CCCN(C(N)=O)C3)cc2)cs1. The largest absolute Gasteiger partial charge is 0.426 e. The normalized spacial score (nSPS) is 17.5. The molecule has 2 N–H and O–H groups in total. The van der Waals surface area contributed by atoms with Crippen LogP contribution in [-0.4, -0.2) is 35.0 Å². The number of hydrogen-bond acceptors (Lipinski definition) is 5. The van der Waals surface area contributed by atoms with Crippen molar-refractivity contribution in [1.29, 1.82) is 0 Å². The van der Waals surface area contributed by atoms with Gasteiger partial charge in [0.05, 0.1) is 16.6 Å². The number of primary amides is 1. The second kappa shape index (κ2) is 7.00. The minimum atomic E-state index is -0.490. The van der Waals surface area contributed by atoms with Crippen molar-refractivity contribution < 1.29 is 14.3 Å². The number of thiazole rings is 1. The molecule has 0 unspecified atom stereocenters. The summed E-state index contributed by atoms with van der Waals surface area (Å²) in [5.41, 5.74) is 7.19. The van der Waals surface area contributed by atoms with Crippen LogP contribution in [0, 0.1) is 12.8 Å². The molecule has 2 amide bonds. The number of amides is 2. The highest BCUT2D eigenvalue weighted by Crippen LogP contribution is 2.25. The molecule has 0 spiro atoms. The Morgan fingerprint density at radius 3 is 2.71 bits per heavy atom. The number of carbonyl (C=O) groups excluding carboxylic acids is 2. The maximum Gasteiger partial charge on any atom is 0.316 e. The van der Waals surface area contributed by atoms with E-state index in [-0.39, 0.29) is 11.9 Å². The fraction of sp³-hybridized carbons (Fsp3) is 0.353. The van der Waals surface area contributed by atoms with Crippen LogP contribution >= 0.6 is 11.3 Å². The predicted molar refractivity (Wildman–Crippen MR) is 91.8 cm³/mol. The number of ether oxygens (including phenoxy) is 1. The lowest BCUT2D eigenvalue weighted by atomic mass is 9.98. The van der Waals surface area contributed by atoms with Crippen LogP contribution in [0.5, 0.6) is 5.75 Å². The van der Waals surface area contributed by atoms with Gasteiger partial charge in [0.1, 0.15) is 5.75 Å². The minimum Gasteiger partial charge on any atom is -0.426 e. The summed E-state index contributed by atoms with van der Waals surface area (Å²) in [6.07, 6.45) is 1.46. The molecule has 7 heteroatoms. The Kier molecular flexibility index (Phi) is 4.80. The molecule has 3 rings (SSSR count). The van der Waals surface area contributed by atoms with Crippen molar-refractivity contribution in [3.8, 4) is 17.0 Å². The first-order valence-corrected chi connectivity index (χ1v) is 8.69. The van der Waals surface area contributed by atoms with Gasteiger partial charge in [0, 0.05) is 24.0 Å². The van der Waals surface area contributed by atoms with Gasteiger partial charge in [-0.2, -0.15) is 0 Å². The van der Waals surface area contributed by atoms with Gasteiger partial charge < -0.3 is 15.4 Å². The first kappa shape index (κ1) is 16.4. The van der Waals surface area contributed by atoms with Gasteiger partial charge >= 0.3 is 12.0 Å². The van der Waals surface area contributed by atoms with Crippen molar-refractivity contribution in [1.82, 2.24) is 9.88 Å². The van der Waals surface area contributed by atoms with Crippen molar-refractivity contribution in [2.75, 3.05) is 13.1 Å². The monoisotopic (exact) mass is 345 g/mol. The van der Waals surface area contributed by atoms with Gasteiger partial charge in [0.2, 0.25) is 0 Å². The molecule has 2 aromatic rings. The maximum atomic E-state index is 12.3. The third-order valence-electron chi connectivity index (χ3n) is 4.05. The summed E-state index contributed by atoms with van der Waals surface area (Å²) in [4.78, 5) is 29.4. The number of benzene rings is 1. The number of hydrogen-bond donors (Lipinski definition) is 1. The molecule has 0 radical (unpaired) electrons. The molecule has 1 atom stereocenters. The van der Waals surface area contributed by atoms with E-state index < -0.39 is 6.03 Å². The zero-order valence-corrected chi connectivity index (χ0v) is 14.2. The molecular formula is C17H19N3O3S. The van der Waals surface area contributed by atoms with E-state index in [0.717, 1.165) is 22.7 Å². The molecule has 0 aliphatic carbocycles. The van der Waals surface area contributed by atoms with Gasteiger partial charge in [-0.15, -0.1) is 11.3 Å². The van der Waals surface area contributed by atoms with Crippen LogP contribution in [0.1, 0.15) is 17.8 Å². The number of piperidine rings is 1. The molecule has 1 saturated heterocycles. The van der Waals surface area contributed by atoms with Crippen LogP contribution in [0.25, 0.3) is 11.3 Å². The Bertz CT molecular complexity index is 742. The number of aromatic nitrogens is 1. The van der Waals surface area contributed by atoms with Crippen LogP contribution in [0.15, 0.2) is 29.6 Å². The lowest BCUT2D eigenvalue weighted by Crippen LogP contribution is -2.45. The molecule has 2 heterocycles. The Labute approximate surface area is 144 Å². The van der Waals surface area contributed by atoms with E-state index in [1.54, 1.807) is 23.5 Å². The summed E-state index contributed by atoms with van der Waals surface area (Å²) < 4.78 is 5.44. The quantitative estimate of drug-likeness (QED) is 0.685. The summed E-state index contributed by atoms with van der Waals surface area (Å²) in [5.74, 6) is -0.155. The Balaban J connectivity index is 1.63. The molecule has 1 aromatic carbocycles. The zero-order chi connectivity index (χ0) is 17.1. The lowest BCUT2D eigenvalue weighted by molar-refractivity contribution is -0.140. The van der Waals surface area contributed by atoms with Gasteiger partial charge in [0.25, 0.3) is 0 Å². The highest BCUT2D eigenvalue weighted by molar-refractivity contribution is 7.09. The third kappa shape index (κ3) is 3.73. The average Bonchev–Trinajstić information content (AvgIpc) is 3.02. The van der Waals surface area contributed by atoms with E-state index in [4.69, 9.17) is 10.5 Å². The smallest absolute Gasteiger partial charge is 0.316 e.